The van der Waals surface area contributed by atoms with E-state index in [-0.39, 0.29) is 54.6 Å². The van der Waals surface area contributed by atoms with E-state index >= 15 is 0 Å². The van der Waals surface area contributed by atoms with Crippen molar-refractivity contribution in [1.82, 2.24) is 14.5 Å². The number of aromatic nitrogens is 2. The lowest BCUT2D eigenvalue weighted by atomic mass is 10.1. The Kier molecular flexibility index (Phi) is 6.26. The number of hydrogen-bond acceptors (Lipinski definition) is 7. The molecule has 37 heavy (non-hydrogen) atoms. The number of ketones is 1. The molecular formula is C26H21FN4O6. The predicted molar refractivity (Wildman–Crippen MR) is 131 cm³/mol. The fourth-order valence-electron chi connectivity index (χ4n) is 4.50. The van der Waals surface area contributed by atoms with Crippen molar-refractivity contribution >= 4 is 34.4 Å². The minimum absolute atomic E-state index is 0.00741. The summed E-state index contributed by atoms with van der Waals surface area (Å²) in [6, 6.07) is 12.5. The van der Waals surface area contributed by atoms with Gasteiger partial charge in [-0.05, 0) is 18.2 Å². The van der Waals surface area contributed by atoms with Crippen LogP contribution in [0, 0.1) is 5.82 Å². The number of rotatable bonds is 6. The fourth-order valence-corrected chi connectivity index (χ4v) is 4.50. The molecule has 1 aliphatic rings. The largest absolute Gasteiger partial charge is 0.477 e. The highest BCUT2D eigenvalue weighted by Crippen LogP contribution is 2.30. The van der Waals surface area contributed by atoms with Crippen molar-refractivity contribution < 1.29 is 28.3 Å². The molecule has 188 valence electrons. The number of aromatic carboxylic acids is 1. The molecule has 0 atom stereocenters. The Labute approximate surface area is 209 Å². The molecule has 1 fully saturated rings. The van der Waals surface area contributed by atoms with Gasteiger partial charge >= 0.3 is 5.97 Å². The summed E-state index contributed by atoms with van der Waals surface area (Å²) in [5.41, 5.74) is -1.18. The Hall–Kier alpha value is -4.80. The number of carbonyl (C=O) groups excluding carboxylic acids is 2. The Morgan fingerprint density at radius 2 is 1.76 bits per heavy atom. The van der Waals surface area contributed by atoms with Crippen LogP contribution in [0.1, 0.15) is 31.3 Å². The Balaban J connectivity index is 1.56. The molecule has 1 saturated heterocycles. The summed E-state index contributed by atoms with van der Waals surface area (Å²) in [5.74, 6) is -2.79. The minimum Gasteiger partial charge on any atom is -0.477 e. The van der Waals surface area contributed by atoms with Crippen LogP contribution in [0.15, 0.2) is 70.2 Å². The maximum atomic E-state index is 14.4. The Bertz CT molecular complexity index is 1560. The number of furan rings is 1. The standard InChI is InChI=1S/C26H21FN4O6/c27-17-13-18-22(29-8-10-30(11-9-29)24(33)20-7-4-12-37-20)21(26(35)36)25(34)31(23(18)28-14-17)15-19(32)16-5-2-1-3-6-16/h1-7,12-14H,8-11,15H2,(H,35,36). The molecule has 0 unspecified atom stereocenters. The van der Waals surface area contributed by atoms with Gasteiger partial charge in [0.25, 0.3) is 11.5 Å². The number of amides is 1. The minimum atomic E-state index is -1.51. The number of piperazine rings is 1. The van der Waals surface area contributed by atoms with Gasteiger partial charge in [-0.2, -0.15) is 0 Å². The molecule has 11 heteroatoms. The summed E-state index contributed by atoms with van der Waals surface area (Å²) in [5, 5.41) is 10.1. The van der Waals surface area contributed by atoms with Crippen molar-refractivity contribution in [3.05, 3.63) is 94.0 Å². The number of fused-ring (bicyclic) bond motifs is 1. The predicted octanol–water partition coefficient (Wildman–Crippen LogP) is 2.67. The van der Waals surface area contributed by atoms with Crippen molar-refractivity contribution in [2.75, 3.05) is 31.1 Å². The van der Waals surface area contributed by atoms with E-state index in [1.54, 1.807) is 52.3 Å². The molecule has 0 aliphatic carbocycles. The lowest BCUT2D eigenvalue weighted by Crippen LogP contribution is -2.49. The topological polar surface area (TPSA) is 126 Å². The number of anilines is 1. The number of benzene rings is 1. The summed E-state index contributed by atoms with van der Waals surface area (Å²) in [4.78, 5) is 58.5. The quantitative estimate of drug-likeness (QED) is 0.397. The van der Waals surface area contributed by atoms with Gasteiger partial charge in [0.15, 0.2) is 11.5 Å². The van der Waals surface area contributed by atoms with E-state index in [1.165, 1.54) is 6.26 Å². The van der Waals surface area contributed by atoms with Crippen LogP contribution in [0.4, 0.5) is 10.1 Å². The van der Waals surface area contributed by atoms with Gasteiger partial charge in [-0.25, -0.2) is 14.2 Å². The molecule has 10 nitrogen and oxygen atoms in total. The molecule has 4 heterocycles. The van der Waals surface area contributed by atoms with Crippen molar-refractivity contribution in [3.63, 3.8) is 0 Å². The van der Waals surface area contributed by atoms with Gasteiger partial charge in [-0.3, -0.25) is 19.0 Å². The highest BCUT2D eigenvalue weighted by Gasteiger charge is 2.31. The van der Waals surface area contributed by atoms with Crippen LogP contribution in [-0.2, 0) is 6.54 Å². The molecule has 1 N–H and O–H groups in total. The van der Waals surface area contributed by atoms with Crippen molar-refractivity contribution in [1.29, 1.82) is 0 Å². The molecule has 1 aromatic carbocycles. The van der Waals surface area contributed by atoms with Gasteiger partial charge in [0.05, 0.1) is 24.7 Å². The first-order chi connectivity index (χ1) is 17.8. The maximum absolute atomic E-state index is 14.4. The number of halogens is 1. The maximum Gasteiger partial charge on any atom is 0.343 e. The molecule has 5 rings (SSSR count). The molecule has 1 aliphatic heterocycles. The second-order valence-electron chi connectivity index (χ2n) is 8.49. The SMILES string of the molecule is O=C(Cn1c(=O)c(C(=O)O)c(N2CCN(C(=O)c3ccco3)CC2)c2cc(F)cnc21)c1ccccc1. The number of Topliss-reactive ketones (excluding diaryl/α,β-unsaturated/α-hetero) is 1. The second-order valence-corrected chi connectivity index (χ2v) is 8.49. The summed E-state index contributed by atoms with van der Waals surface area (Å²) >= 11 is 0. The fraction of sp³-hybridized carbons (Fsp3) is 0.192. The summed E-state index contributed by atoms with van der Waals surface area (Å²) in [6.45, 7) is 0.344. The van der Waals surface area contributed by atoms with Crippen LogP contribution >= 0.6 is 0 Å². The first kappa shape index (κ1) is 23.9. The van der Waals surface area contributed by atoms with E-state index in [9.17, 15) is 28.7 Å². The first-order valence-corrected chi connectivity index (χ1v) is 11.5. The molecule has 0 bridgehead atoms. The van der Waals surface area contributed by atoms with Gasteiger partial charge < -0.3 is 19.3 Å². The Morgan fingerprint density at radius 3 is 2.41 bits per heavy atom. The van der Waals surface area contributed by atoms with Crippen molar-refractivity contribution in [3.8, 4) is 0 Å². The number of carbonyl (C=O) groups is 3. The average Bonchev–Trinajstić information content (AvgIpc) is 3.45. The van der Waals surface area contributed by atoms with Gasteiger partial charge in [0.1, 0.15) is 17.0 Å². The second kappa shape index (κ2) is 9.69. The van der Waals surface area contributed by atoms with Crippen LogP contribution in [0.3, 0.4) is 0 Å². The summed E-state index contributed by atoms with van der Waals surface area (Å²) < 4.78 is 20.5. The highest BCUT2D eigenvalue weighted by atomic mass is 19.1. The number of nitrogens with zero attached hydrogens (tertiary/aromatic N) is 4. The van der Waals surface area contributed by atoms with E-state index in [4.69, 9.17) is 4.42 Å². The van der Waals surface area contributed by atoms with Crippen molar-refractivity contribution in [2.24, 2.45) is 0 Å². The number of carboxylic acid groups (broad SMARTS) is 1. The van der Waals surface area contributed by atoms with Crippen LogP contribution in [0.5, 0.6) is 0 Å². The van der Waals surface area contributed by atoms with Gasteiger partial charge in [0, 0.05) is 37.1 Å². The van der Waals surface area contributed by atoms with E-state index in [0.717, 1.165) is 16.8 Å². The lowest BCUT2D eigenvalue weighted by Gasteiger charge is -2.36. The third-order valence-electron chi connectivity index (χ3n) is 6.27. The average molecular weight is 504 g/mol. The Morgan fingerprint density at radius 1 is 1.03 bits per heavy atom. The van der Waals surface area contributed by atoms with E-state index in [1.807, 2.05) is 0 Å². The molecule has 0 spiro atoms. The summed E-state index contributed by atoms with van der Waals surface area (Å²) in [7, 11) is 0. The van der Waals surface area contributed by atoms with E-state index in [2.05, 4.69) is 4.98 Å². The number of hydrogen-bond donors (Lipinski definition) is 1. The van der Waals surface area contributed by atoms with Crippen molar-refractivity contribution in [2.45, 2.75) is 6.54 Å². The van der Waals surface area contributed by atoms with E-state index < -0.39 is 35.2 Å². The first-order valence-electron chi connectivity index (χ1n) is 11.5. The zero-order valence-electron chi connectivity index (χ0n) is 19.5. The zero-order valence-corrected chi connectivity index (χ0v) is 19.5. The third kappa shape index (κ3) is 4.46. The zero-order chi connectivity index (χ0) is 26.1. The van der Waals surface area contributed by atoms with E-state index in [0.29, 0.717) is 5.56 Å². The normalized spacial score (nSPS) is 13.6. The molecule has 1 amide bonds. The monoisotopic (exact) mass is 504 g/mol. The third-order valence-corrected chi connectivity index (χ3v) is 6.27. The van der Waals surface area contributed by atoms with Crippen LogP contribution in [0.25, 0.3) is 11.0 Å². The number of carboxylic acids is 1. The van der Waals surface area contributed by atoms with Gasteiger partial charge in [-0.15, -0.1) is 0 Å². The van der Waals surface area contributed by atoms with Crippen LogP contribution in [0.2, 0.25) is 0 Å². The molecule has 4 aromatic rings. The number of pyridine rings is 2. The molecule has 0 radical (unpaired) electrons. The summed E-state index contributed by atoms with van der Waals surface area (Å²) in [6.07, 6.45) is 2.31. The smallest absolute Gasteiger partial charge is 0.343 e. The van der Waals surface area contributed by atoms with Crippen LogP contribution < -0.4 is 10.5 Å². The van der Waals surface area contributed by atoms with Crippen LogP contribution in [-0.4, -0.2) is 63.4 Å². The highest BCUT2D eigenvalue weighted by molar-refractivity contribution is 6.05. The molecule has 0 saturated carbocycles. The van der Waals surface area contributed by atoms with Gasteiger partial charge in [-0.1, -0.05) is 30.3 Å². The lowest BCUT2D eigenvalue weighted by molar-refractivity contribution is 0.0686. The molecule has 3 aromatic heterocycles. The van der Waals surface area contributed by atoms with Gasteiger partial charge in [0.2, 0.25) is 0 Å². The molecular weight excluding hydrogens is 483 g/mol.